The molecule has 0 saturated carbocycles. The van der Waals surface area contributed by atoms with E-state index >= 15 is 0 Å². The Morgan fingerprint density at radius 1 is 1.29 bits per heavy atom. The van der Waals surface area contributed by atoms with Gasteiger partial charge in [0, 0.05) is 10.7 Å². The third-order valence-corrected chi connectivity index (χ3v) is 1.76. The molecule has 0 unspecified atom stereocenters. The number of imide groups is 1. The van der Waals surface area contributed by atoms with Gasteiger partial charge in [0.1, 0.15) is 0 Å². The van der Waals surface area contributed by atoms with E-state index in [1.807, 2.05) is 0 Å². The zero-order chi connectivity index (χ0) is 10.7. The third-order valence-electron chi connectivity index (χ3n) is 1.33. The second kappa shape index (κ2) is 4.05. The summed E-state index contributed by atoms with van der Waals surface area (Å²) in [5.41, 5.74) is -0.0284. The lowest BCUT2D eigenvalue weighted by molar-refractivity contribution is 0.184. The van der Waals surface area contributed by atoms with E-state index < -0.39 is 12.2 Å². The Balaban J connectivity index is 3.12. The summed E-state index contributed by atoms with van der Waals surface area (Å²) in [6.45, 7) is 0. The molecule has 0 spiro atoms. The van der Waals surface area contributed by atoms with Crippen molar-refractivity contribution in [1.29, 1.82) is 0 Å². The molecule has 1 aromatic rings. The van der Waals surface area contributed by atoms with E-state index in [0.717, 1.165) is 6.20 Å². The second-order valence-corrected chi connectivity index (χ2v) is 3.18. The fourth-order valence-electron chi connectivity index (χ4n) is 0.826. The summed E-state index contributed by atoms with van der Waals surface area (Å²) in [4.78, 5) is 24.9. The molecule has 0 bridgehead atoms. The molecule has 0 aliphatic heterocycles. The van der Waals surface area contributed by atoms with Crippen LogP contribution in [0.1, 0.15) is 0 Å². The largest absolute Gasteiger partial charge is 0.464 e. The average molecular weight is 261 g/mol. The van der Waals surface area contributed by atoms with Gasteiger partial charge in [0.2, 0.25) is 0 Å². The van der Waals surface area contributed by atoms with Crippen molar-refractivity contribution in [3.05, 3.63) is 22.9 Å². The van der Waals surface area contributed by atoms with Crippen LogP contribution in [-0.2, 0) is 0 Å². The van der Waals surface area contributed by atoms with Crippen LogP contribution in [0.25, 0.3) is 0 Å². The van der Waals surface area contributed by atoms with Crippen LogP contribution in [-0.4, -0.2) is 27.4 Å². The highest BCUT2D eigenvalue weighted by molar-refractivity contribution is 9.10. The normalized spacial score (nSPS) is 9.50. The van der Waals surface area contributed by atoms with E-state index in [0.29, 0.717) is 4.47 Å². The monoisotopic (exact) mass is 260 g/mol. The SMILES string of the molecule is O=C(O)N(C(=O)O)c1cncc(Br)c1. The zero-order valence-corrected chi connectivity index (χ0v) is 8.30. The molecule has 1 aromatic heterocycles. The van der Waals surface area contributed by atoms with E-state index in [4.69, 9.17) is 10.2 Å². The van der Waals surface area contributed by atoms with Crippen molar-refractivity contribution in [2.24, 2.45) is 0 Å². The molecule has 0 atom stereocenters. The quantitative estimate of drug-likeness (QED) is 0.806. The molecule has 0 radical (unpaired) electrons. The second-order valence-electron chi connectivity index (χ2n) is 2.26. The van der Waals surface area contributed by atoms with Gasteiger partial charge >= 0.3 is 12.2 Å². The molecule has 6 nitrogen and oxygen atoms in total. The first-order valence-electron chi connectivity index (χ1n) is 3.39. The fraction of sp³-hybridized carbons (Fsp3) is 0. The Morgan fingerprint density at radius 3 is 2.29 bits per heavy atom. The fourth-order valence-corrected chi connectivity index (χ4v) is 1.18. The van der Waals surface area contributed by atoms with Gasteiger partial charge in [0.25, 0.3) is 0 Å². The molecule has 74 valence electrons. The topological polar surface area (TPSA) is 90.7 Å². The van der Waals surface area contributed by atoms with Crippen LogP contribution >= 0.6 is 15.9 Å². The molecule has 2 amide bonds. The Labute approximate surface area is 86.9 Å². The lowest BCUT2D eigenvalue weighted by Crippen LogP contribution is -2.34. The van der Waals surface area contributed by atoms with Crippen molar-refractivity contribution < 1.29 is 19.8 Å². The number of rotatable bonds is 1. The first-order valence-corrected chi connectivity index (χ1v) is 4.18. The summed E-state index contributed by atoms with van der Waals surface area (Å²) in [6, 6.07) is 1.34. The number of amides is 2. The van der Waals surface area contributed by atoms with Crippen molar-refractivity contribution in [2.75, 3.05) is 4.90 Å². The van der Waals surface area contributed by atoms with Crippen LogP contribution in [0.2, 0.25) is 0 Å². The van der Waals surface area contributed by atoms with Gasteiger partial charge in [-0.05, 0) is 22.0 Å². The molecule has 14 heavy (non-hydrogen) atoms. The summed E-state index contributed by atoms with van der Waals surface area (Å²) in [5, 5.41) is 17.2. The van der Waals surface area contributed by atoms with Gasteiger partial charge < -0.3 is 10.2 Å². The number of pyridine rings is 1. The Kier molecular flexibility index (Phi) is 3.03. The molecule has 2 N–H and O–H groups in total. The minimum Gasteiger partial charge on any atom is -0.464 e. The summed E-state index contributed by atoms with van der Waals surface area (Å²) in [7, 11) is 0. The van der Waals surface area contributed by atoms with Crippen molar-refractivity contribution in [1.82, 2.24) is 4.98 Å². The van der Waals surface area contributed by atoms with Crippen molar-refractivity contribution >= 4 is 33.8 Å². The maximum atomic E-state index is 10.6. The highest BCUT2D eigenvalue weighted by Crippen LogP contribution is 2.18. The lowest BCUT2D eigenvalue weighted by Gasteiger charge is -2.12. The van der Waals surface area contributed by atoms with E-state index in [9.17, 15) is 9.59 Å². The highest BCUT2D eigenvalue weighted by atomic mass is 79.9. The van der Waals surface area contributed by atoms with Crippen molar-refractivity contribution in [3.8, 4) is 0 Å². The summed E-state index contributed by atoms with van der Waals surface area (Å²) in [6.07, 6.45) is -0.576. The molecule has 0 aliphatic rings. The number of aromatic nitrogens is 1. The summed E-state index contributed by atoms with van der Waals surface area (Å²) < 4.78 is 0.502. The minimum atomic E-state index is -1.57. The molecular weight excluding hydrogens is 256 g/mol. The van der Waals surface area contributed by atoms with Gasteiger partial charge in [0.15, 0.2) is 0 Å². The maximum Gasteiger partial charge on any atom is 0.421 e. The molecule has 0 aliphatic carbocycles. The highest BCUT2D eigenvalue weighted by Gasteiger charge is 2.22. The lowest BCUT2D eigenvalue weighted by atomic mass is 10.4. The van der Waals surface area contributed by atoms with Crippen LogP contribution in [0, 0.1) is 0 Å². The number of halogens is 1. The van der Waals surface area contributed by atoms with Gasteiger partial charge in [0.05, 0.1) is 11.9 Å². The summed E-state index contributed by atoms with van der Waals surface area (Å²) >= 11 is 3.05. The number of carbonyl (C=O) groups is 2. The number of hydrogen-bond donors (Lipinski definition) is 2. The molecule has 1 rings (SSSR count). The Morgan fingerprint density at radius 2 is 1.86 bits per heavy atom. The van der Waals surface area contributed by atoms with E-state index in [-0.39, 0.29) is 10.6 Å². The smallest absolute Gasteiger partial charge is 0.421 e. The molecule has 0 aromatic carbocycles. The van der Waals surface area contributed by atoms with Gasteiger partial charge in [-0.25, -0.2) is 9.59 Å². The van der Waals surface area contributed by atoms with Crippen LogP contribution in [0.5, 0.6) is 0 Å². The van der Waals surface area contributed by atoms with Crippen LogP contribution in [0.4, 0.5) is 15.3 Å². The van der Waals surface area contributed by atoms with E-state index in [1.165, 1.54) is 12.3 Å². The average Bonchev–Trinajstić information content (AvgIpc) is 2.02. The predicted molar refractivity (Wildman–Crippen MR) is 50.5 cm³/mol. The Bertz CT molecular complexity index is 368. The van der Waals surface area contributed by atoms with Crippen LogP contribution in [0.3, 0.4) is 0 Å². The number of hydrogen-bond acceptors (Lipinski definition) is 3. The number of anilines is 1. The van der Waals surface area contributed by atoms with Crippen molar-refractivity contribution in [3.63, 3.8) is 0 Å². The molecule has 1 heterocycles. The van der Waals surface area contributed by atoms with Gasteiger partial charge in [-0.3, -0.25) is 4.98 Å². The number of nitrogens with zero attached hydrogens (tertiary/aromatic N) is 2. The first-order chi connectivity index (χ1) is 6.52. The third kappa shape index (κ3) is 2.19. The zero-order valence-electron chi connectivity index (χ0n) is 6.72. The summed E-state index contributed by atoms with van der Waals surface area (Å²) in [5.74, 6) is 0. The standard InChI is InChI=1S/C7H5BrN2O4/c8-4-1-5(3-9-2-4)10(6(11)12)7(13)14/h1-3H,(H,11,12)(H,13,14). The van der Waals surface area contributed by atoms with Gasteiger partial charge in [-0.15, -0.1) is 0 Å². The van der Waals surface area contributed by atoms with Gasteiger partial charge in [-0.1, -0.05) is 0 Å². The molecule has 7 heteroatoms. The predicted octanol–water partition coefficient (Wildman–Crippen LogP) is 2.01. The Hall–Kier alpha value is -1.63. The molecule has 0 fully saturated rings. The van der Waals surface area contributed by atoms with Crippen molar-refractivity contribution in [2.45, 2.75) is 0 Å². The molecule has 0 saturated heterocycles. The van der Waals surface area contributed by atoms with Crippen LogP contribution < -0.4 is 4.90 Å². The van der Waals surface area contributed by atoms with E-state index in [1.54, 1.807) is 0 Å². The molecular formula is C7H5BrN2O4. The number of carboxylic acid groups (broad SMARTS) is 2. The minimum absolute atomic E-state index is 0.0284. The van der Waals surface area contributed by atoms with E-state index in [2.05, 4.69) is 20.9 Å². The first kappa shape index (κ1) is 10.5. The van der Waals surface area contributed by atoms with Gasteiger partial charge in [-0.2, -0.15) is 4.90 Å². The maximum absolute atomic E-state index is 10.6. The van der Waals surface area contributed by atoms with Crippen LogP contribution in [0.15, 0.2) is 22.9 Å².